The lowest BCUT2D eigenvalue weighted by Crippen LogP contribution is -2.45. The first-order valence-electron chi connectivity index (χ1n) is 8.72. The van der Waals surface area contributed by atoms with Gasteiger partial charge in [0.1, 0.15) is 16.6 Å². The summed E-state index contributed by atoms with van der Waals surface area (Å²) in [6.45, 7) is 6.24. The topological polar surface area (TPSA) is 74.0 Å². The quantitative estimate of drug-likeness (QED) is 0.757. The maximum Gasteiger partial charge on any atom is 0.266 e. The van der Waals surface area contributed by atoms with Crippen molar-refractivity contribution in [1.82, 2.24) is 20.1 Å². The Labute approximate surface area is 148 Å². The van der Waals surface area contributed by atoms with Gasteiger partial charge < -0.3 is 9.72 Å². The van der Waals surface area contributed by atoms with E-state index in [4.69, 9.17) is 4.74 Å². The number of thiophene rings is 1. The summed E-state index contributed by atoms with van der Waals surface area (Å²) in [5.74, 6) is 0.846. The normalized spacial score (nSPS) is 22.8. The molecule has 3 aromatic rings. The number of likely N-dealkylation sites (tertiary alicyclic amines) is 1. The summed E-state index contributed by atoms with van der Waals surface area (Å²) in [5, 5.41) is 7.90. The number of hydrogen-bond acceptors (Lipinski definition) is 5. The molecule has 3 aromatic heterocycles. The largest absolute Gasteiger partial charge is 0.488 e. The van der Waals surface area contributed by atoms with Crippen LogP contribution in [0.15, 0.2) is 17.2 Å². The van der Waals surface area contributed by atoms with E-state index in [0.717, 1.165) is 51.5 Å². The van der Waals surface area contributed by atoms with Gasteiger partial charge in [0.2, 0.25) is 0 Å². The monoisotopic (exact) mass is 356 g/mol. The van der Waals surface area contributed by atoms with Crippen LogP contribution in [0, 0.1) is 0 Å². The molecule has 0 spiro atoms. The van der Waals surface area contributed by atoms with E-state index in [9.17, 15) is 4.79 Å². The Balaban J connectivity index is 1.73. The molecule has 0 radical (unpaired) electrons. The molecule has 2 aliphatic heterocycles. The second-order valence-electron chi connectivity index (χ2n) is 7.10. The molecule has 2 aliphatic rings. The average molecular weight is 356 g/mol. The summed E-state index contributed by atoms with van der Waals surface area (Å²) < 4.78 is 6.94. The summed E-state index contributed by atoms with van der Waals surface area (Å²) in [6, 6.07) is 0.590. The van der Waals surface area contributed by atoms with Crippen LogP contribution in [0.1, 0.15) is 31.5 Å². The number of aromatic nitrogens is 3. The number of nitrogens with one attached hydrogen (secondary N) is 2. The molecule has 6 nitrogen and oxygen atoms in total. The highest BCUT2D eigenvalue weighted by atomic mass is 32.1. The molecule has 5 heterocycles. The molecule has 0 aromatic carbocycles. The molecule has 5 rings (SSSR count). The van der Waals surface area contributed by atoms with Gasteiger partial charge in [-0.1, -0.05) is 0 Å². The van der Waals surface area contributed by atoms with Crippen LogP contribution < -0.4 is 10.3 Å². The minimum atomic E-state index is -0.0129. The SMILES string of the molecule is C[C@H]1Cc2c(CN3CC[C@@H]3C)[nH]c(=O)c3sc(-c4cn[nH]c4)c(c23)O1. The van der Waals surface area contributed by atoms with Crippen molar-refractivity contribution in [2.75, 3.05) is 6.54 Å². The van der Waals surface area contributed by atoms with Crippen molar-refractivity contribution in [2.24, 2.45) is 0 Å². The predicted octanol–water partition coefficient (Wildman–Crippen LogP) is 2.90. The molecule has 25 heavy (non-hydrogen) atoms. The molecule has 2 N–H and O–H groups in total. The molecule has 1 fully saturated rings. The Bertz CT molecular complexity index is 1000. The molecular weight excluding hydrogens is 336 g/mol. The fourth-order valence-electron chi connectivity index (χ4n) is 3.85. The smallest absolute Gasteiger partial charge is 0.266 e. The highest BCUT2D eigenvalue weighted by Gasteiger charge is 2.31. The predicted molar refractivity (Wildman–Crippen MR) is 98.3 cm³/mol. The third kappa shape index (κ3) is 2.26. The Hall–Kier alpha value is -2.12. The van der Waals surface area contributed by atoms with E-state index in [0.29, 0.717) is 6.04 Å². The van der Waals surface area contributed by atoms with Gasteiger partial charge in [-0.25, -0.2) is 0 Å². The van der Waals surface area contributed by atoms with Crippen molar-refractivity contribution in [1.29, 1.82) is 0 Å². The van der Waals surface area contributed by atoms with Crippen LogP contribution in [-0.4, -0.2) is 38.8 Å². The van der Waals surface area contributed by atoms with Crippen LogP contribution in [0.25, 0.3) is 20.5 Å². The number of rotatable bonds is 3. The van der Waals surface area contributed by atoms with Crippen LogP contribution in [0.3, 0.4) is 0 Å². The first-order chi connectivity index (χ1) is 12.1. The summed E-state index contributed by atoms with van der Waals surface area (Å²) in [6.07, 6.45) is 5.78. The maximum atomic E-state index is 12.7. The molecule has 0 aliphatic carbocycles. The first kappa shape index (κ1) is 15.2. The summed E-state index contributed by atoms with van der Waals surface area (Å²) in [5.41, 5.74) is 3.25. The van der Waals surface area contributed by atoms with Gasteiger partial charge in [-0.15, -0.1) is 11.3 Å². The second-order valence-corrected chi connectivity index (χ2v) is 8.12. The first-order valence-corrected chi connectivity index (χ1v) is 9.54. The lowest BCUT2D eigenvalue weighted by Gasteiger charge is -2.39. The van der Waals surface area contributed by atoms with Gasteiger partial charge >= 0.3 is 0 Å². The molecular formula is C18H20N4O2S. The van der Waals surface area contributed by atoms with Gasteiger partial charge in [-0.3, -0.25) is 14.8 Å². The Morgan fingerprint density at radius 3 is 3.00 bits per heavy atom. The minimum Gasteiger partial charge on any atom is -0.488 e. The van der Waals surface area contributed by atoms with Gasteiger partial charge in [0.15, 0.2) is 0 Å². The molecule has 0 bridgehead atoms. The Morgan fingerprint density at radius 2 is 2.32 bits per heavy atom. The van der Waals surface area contributed by atoms with E-state index in [2.05, 4.69) is 33.9 Å². The van der Waals surface area contributed by atoms with Crippen molar-refractivity contribution >= 4 is 21.4 Å². The molecule has 130 valence electrons. The third-order valence-corrected chi connectivity index (χ3v) is 6.61. The van der Waals surface area contributed by atoms with Crippen LogP contribution in [0.2, 0.25) is 0 Å². The van der Waals surface area contributed by atoms with Crippen molar-refractivity contribution in [2.45, 2.75) is 45.4 Å². The fourth-order valence-corrected chi connectivity index (χ4v) is 4.98. The number of nitrogens with zero attached hydrogens (tertiary/aromatic N) is 2. The molecule has 1 saturated heterocycles. The van der Waals surface area contributed by atoms with Gasteiger partial charge in [0.25, 0.3) is 5.56 Å². The Kier molecular flexibility index (Phi) is 3.30. The molecule has 2 atom stereocenters. The van der Waals surface area contributed by atoms with Gasteiger partial charge in [0, 0.05) is 48.4 Å². The summed E-state index contributed by atoms with van der Waals surface area (Å²) in [7, 11) is 0. The number of ether oxygens (including phenoxy) is 1. The number of pyridine rings is 1. The van der Waals surface area contributed by atoms with E-state index < -0.39 is 0 Å². The highest BCUT2D eigenvalue weighted by molar-refractivity contribution is 7.22. The van der Waals surface area contributed by atoms with Gasteiger partial charge in [-0.2, -0.15) is 5.10 Å². The number of aromatic amines is 2. The van der Waals surface area contributed by atoms with Crippen LogP contribution in [-0.2, 0) is 13.0 Å². The molecule has 7 heteroatoms. The standard InChI is InChI=1S/C18H20N4O2S/c1-9-3-4-22(9)8-13-12-5-10(2)24-15-14(12)17(18(23)21-13)25-16(15)11-6-19-20-7-11/h6-7,9-10H,3-5,8H2,1-2H3,(H,19,20)(H,21,23)/t9-,10-/m0/s1. The second kappa shape index (κ2) is 5.44. The fraction of sp³-hybridized carbons (Fsp3) is 0.444. The number of hydrogen-bond donors (Lipinski definition) is 2. The zero-order valence-corrected chi connectivity index (χ0v) is 15.1. The third-order valence-electron chi connectivity index (χ3n) is 5.39. The maximum absolute atomic E-state index is 12.7. The lowest BCUT2D eigenvalue weighted by molar-refractivity contribution is 0.0936. The van der Waals surface area contributed by atoms with Crippen LogP contribution in [0.5, 0.6) is 5.75 Å². The average Bonchev–Trinajstić information content (AvgIpc) is 3.23. The van der Waals surface area contributed by atoms with Gasteiger partial charge in [0.05, 0.1) is 11.1 Å². The molecule has 0 amide bonds. The summed E-state index contributed by atoms with van der Waals surface area (Å²) >= 11 is 1.49. The van der Waals surface area contributed by atoms with Crippen LogP contribution >= 0.6 is 11.3 Å². The lowest BCUT2D eigenvalue weighted by atomic mass is 9.97. The van der Waals surface area contributed by atoms with Crippen molar-refractivity contribution < 1.29 is 4.74 Å². The van der Waals surface area contributed by atoms with Crippen molar-refractivity contribution in [3.05, 3.63) is 34.0 Å². The van der Waals surface area contributed by atoms with E-state index in [-0.39, 0.29) is 11.7 Å². The zero-order chi connectivity index (χ0) is 17.1. The van der Waals surface area contributed by atoms with E-state index in [1.54, 1.807) is 6.20 Å². The van der Waals surface area contributed by atoms with E-state index >= 15 is 0 Å². The number of H-pyrrole nitrogens is 2. The minimum absolute atomic E-state index is 0.0129. The zero-order valence-electron chi connectivity index (χ0n) is 14.3. The summed E-state index contributed by atoms with van der Waals surface area (Å²) in [4.78, 5) is 19.3. The Morgan fingerprint density at radius 1 is 1.44 bits per heavy atom. The molecule has 0 saturated carbocycles. The van der Waals surface area contributed by atoms with Crippen LogP contribution in [0.4, 0.5) is 0 Å². The molecule has 0 unspecified atom stereocenters. The van der Waals surface area contributed by atoms with Crippen molar-refractivity contribution in [3.63, 3.8) is 0 Å². The van der Waals surface area contributed by atoms with E-state index in [1.807, 2.05) is 6.20 Å². The van der Waals surface area contributed by atoms with E-state index in [1.165, 1.54) is 23.3 Å². The van der Waals surface area contributed by atoms with Gasteiger partial charge in [-0.05, 0) is 25.8 Å². The highest BCUT2D eigenvalue weighted by Crippen LogP contribution is 2.47. The van der Waals surface area contributed by atoms with Crippen molar-refractivity contribution in [3.8, 4) is 16.2 Å².